The Morgan fingerprint density at radius 3 is 2.50 bits per heavy atom. The minimum absolute atomic E-state index is 0.0332. The summed E-state index contributed by atoms with van der Waals surface area (Å²) in [6.07, 6.45) is 1.20. The third-order valence-corrected chi connectivity index (χ3v) is 3.98. The third-order valence-electron chi connectivity index (χ3n) is 2.96. The van der Waals surface area contributed by atoms with E-state index < -0.39 is 0 Å². The number of carbonyl (C=O) groups is 1. The topological polar surface area (TPSA) is 29.1 Å². The molecule has 0 aromatic heterocycles. The predicted molar refractivity (Wildman–Crippen MR) is 86.0 cm³/mol. The Bertz CT molecular complexity index is 583. The van der Waals surface area contributed by atoms with Crippen molar-refractivity contribution in [3.05, 3.63) is 69.2 Å². The van der Waals surface area contributed by atoms with E-state index in [-0.39, 0.29) is 5.91 Å². The number of amides is 1. The molecule has 0 aliphatic heterocycles. The summed E-state index contributed by atoms with van der Waals surface area (Å²) in [4.78, 5) is 11.9. The molecular weight excluding hydrogens is 338 g/mol. The van der Waals surface area contributed by atoms with Gasteiger partial charge in [-0.15, -0.1) is 0 Å². The van der Waals surface area contributed by atoms with Crippen LogP contribution >= 0.6 is 27.5 Å². The fourth-order valence-electron chi connectivity index (χ4n) is 1.87. The lowest BCUT2D eigenvalue weighted by molar-refractivity contribution is -0.120. The van der Waals surface area contributed by atoms with Gasteiger partial charge in [0.05, 0.1) is 6.42 Å². The number of hydrogen-bond donors (Lipinski definition) is 1. The Hall–Kier alpha value is -1.32. The van der Waals surface area contributed by atoms with E-state index in [0.717, 1.165) is 27.0 Å². The van der Waals surface area contributed by atoms with Crippen molar-refractivity contribution in [2.75, 3.05) is 6.54 Å². The molecule has 0 heterocycles. The Kier molecular flexibility index (Phi) is 5.62. The third kappa shape index (κ3) is 4.66. The van der Waals surface area contributed by atoms with Crippen molar-refractivity contribution in [1.82, 2.24) is 5.32 Å². The standard InChI is InChI=1S/C16H15BrClNO/c17-15-4-2-1-3-13(15)11-16(20)19-10-9-12-5-7-14(18)8-6-12/h1-8H,9-11H2,(H,19,20). The molecule has 2 aromatic rings. The number of halogens is 2. The molecule has 0 unspecified atom stereocenters. The molecule has 0 saturated heterocycles. The molecule has 2 rings (SSSR count). The van der Waals surface area contributed by atoms with Gasteiger partial charge in [-0.2, -0.15) is 0 Å². The Balaban J connectivity index is 1.78. The zero-order valence-electron chi connectivity index (χ0n) is 10.9. The maximum Gasteiger partial charge on any atom is 0.224 e. The largest absolute Gasteiger partial charge is 0.355 e. The van der Waals surface area contributed by atoms with Crippen LogP contribution in [0.3, 0.4) is 0 Å². The molecular formula is C16H15BrClNO. The first-order valence-electron chi connectivity index (χ1n) is 6.40. The highest BCUT2D eigenvalue weighted by Gasteiger charge is 2.05. The molecule has 0 aliphatic rings. The van der Waals surface area contributed by atoms with E-state index in [9.17, 15) is 4.79 Å². The first-order valence-corrected chi connectivity index (χ1v) is 7.57. The maximum atomic E-state index is 11.9. The molecule has 4 heteroatoms. The van der Waals surface area contributed by atoms with E-state index in [1.165, 1.54) is 0 Å². The van der Waals surface area contributed by atoms with Crippen LogP contribution < -0.4 is 5.32 Å². The first-order chi connectivity index (χ1) is 9.65. The highest BCUT2D eigenvalue weighted by Crippen LogP contribution is 2.16. The number of hydrogen-bond acceptors (Lipinski definition) is 1. The Labute approximate surface area is 132 Å². The molecule has 0 aliphatic carbocycles. The fourth-order valence-corrected chi connectivity index (χ4v) is 2.43. The van der Waals surface area contributed by atoms with Crippen molar-refractivity contribution >= 4 is 33.4 Å². The van der Waals surface area contributed by atoms with Gasteiger partial charge in [0.15, 0.2) is 0 Å². The van der Waals surface area contributed by atoms with E-state index in [2.05, 4.69) is 21.2 Å². The minimum Gasteiger partial charge on any atom is -0.355 e. The van der Waals surface area contributed by atoms with Crippen molar-refractivity contribution < 1.29 is 4.79 Å². The summed E-state index contributed by atoms with van der Waals surface area (Å²) in [6.45, 7) is 0.630. The highest BCUT2D eigenvalue weighted by atomic mass is 79.9. The van der Waals surface area contributed by atoms with Gasteiger partial charge in [-0.3, -0.25) is 4.79 Å². The van der Waals surface area contributed by atoms with Gasteiger partial charge in [-0.05, 0) is 35.7 Å². The zero-order valence-corrected chi connectivity index (χ0v) is 13.2. The fraction of sp³-hybridized carbons (Fsp3) is 0.188. The zero-order chi connectivity index (χ0) is 14.4. The van der Waals surface area contributed by atoms with Crippen LogP contribution in [-0.2, 0) is 17.6 Å². The number of benzene rings is 2. The van der Waals surface area contributed by atoms with Crippen molar-refractivity contribution in [1.29, 1.82) is 0 Å². The average molecular weight is 353 g/mol. The normalized spacial score (nSPS) is 10.3. The minimum atomic E-state index is 0.0332. The van der Waals surface area contributed by atoms with E-state index in [0.29, 0.717) is 13.0 Å². The molecule has 0 spiro atoms. The van der Waals surface area contributed by atoms with Crippen LogP contribution in [0.15, 0.2) is 53.0 Å². The van der Waals surface area contributed by atoms with Gasteiger partial charge >= 0.3 is 0 Å². The molecule has 0 bridgehead atoms. The molecule has 104 valence electrons. The number of carbonyl (C=O) groups excluding carboxylic acids is 1. The van der Waals surface area contributed by atoms with E-state index in [4.69, 9.17) is 11.6 Å². The van der Waals surface area contributed by atoms with Crippen molar-refractivity contribution in [3.8, 4) is 0 Å². The lowest BCUT2D eigenvalue weighted by atomic mass is 10.1. The molecule has 1 N–H and O–H groups in total. The lowest BCUT2D eigenvalue weighted by Crippen LogP contribution is -2.27. The Morgan fingerprint density at radius 1 is 1.10 bits per heavy atom. The van der Waals surface area contributed by atoms with Crippen molar-refractivity contribution in [2.45, 2.75) is 12.8 Å². The van der Waals surface area contributed by atoms with Crippen LogP contribution in [0.25, 0.3) is 0 Å². The SMILES string of the molecule is O=C(Cc1ccccc1Br)NCCc1ccc(Cl)cc1. The van der Waals surface area contributed by atoms with Crippen LogP contribution in [0.5, 0.6) is 0 Å². The van der Waals surface area contributed by atoms with Gasteiger partial charge in [0, 0.05) is 16.0 Å². The van der Waals surface area contributed by atoms with Crippen LogP contribution in [0.2, 0.25) is 5.02 Å². The number of rotatable bonds is 5. The van der Waals surface area contributed by atoms with Gasteiger partial charge in [0.25, 0.3) is 0 Å². The van der Waals surface area contributed by atoms with Gasteiger partial charge in [-0.25, -0.2) is 0 Å². The highest BCUT2D eigenvalue weighted by molar-refractivity contribution is 9.10. The Morgan fingerprint density at radius 2 is 1.80 bits per heavy atom. The summed E-state index contributed by atoms with van der Waals surface area (Å²) in [5, 5.41) is 3.66. The summed E-state index contributed by atoms with van der Waals surface area (Å²) in [5.41, 5.74) is 2.16. The number of nitrogens with one attached hydrogen (secondary N) is 1. The van der Waals surface area contributed by atoms with Crippen LogP contribution in [-0.4, -0.2) is 12.5 Å². The van der Waals surface area contributed by atoms with Crippen LogP contribution in [0.1, 0.15) is 11.1 Å². The van der Waals surface area contributed by atoms with E-state index in [1.54, 1.807) is 0 Å². The maximum absolute atomic E-state index is 11.9. The van der Waals surface area contributed by atoms with Gasteiger partial charge < -0.3 is 5.32 Å². The van der Waals surface area contributed by atoms with E-state index >= 15 is 0 Å². The monoisotopic (exact) mass is 351 g/mol. The molecule has 2 aromatic carbocycles. The van der Waals surface area contributed by atoms with Crippen LogP contribution in [0.4, 0.5) is 0 Å². The van der Waals surface area contributed by atoms with Crippen molar-refractivity contribution in [2.24, 2.45) is 0 Å². The molecule has 0 fully saturated rings. The average Bonchev–Trinajstić information content (AvgIpc) is 2.44. The summed E-state index contributed by atoms with van der Waals surface area (Å²) in [5.74, 6) is 0.0332. The predicted octanol–water partition coefficient (Wildman–Crippen LogP) is 4.00. The summed E-state index contributed by atoms with van der Waals surface area (Å²) >= 11 is 9.27. The van der Waals surface area contributed by atoms with Crippen LogP contribution in [0, 0.1) is 0 Å². The van der Waals surface area contributed by atoms with Gasteiger partial charge in [0.2, 0.25) is 5.91 Å². The smallest absolute Gasteiger partial charge is 0.224 e. The van der Waals surface area contributed by atoms with E-state index in [1.807, 2.05) is 48.5 Å². The molecule has 2 nitrogen and oxygen atoms in total. The molecule has 1 amide bonds. The summed E-state index contributed by atoms with van der Waals surface area (Å²) in [7, 11) is 0. The summed E-state index contributed by atoms with van der Waals surface area (Å²) < 4.78 is 0.966. The van der Waals surface area contributed by atoms with Gasteiger partial charge in [-0.1, -0.05) is 57.9 Å². The molecule has 0 atom stereocenters. The van der Waals surface area contributed by atoms with Gasteiger partial charge in [0.1, 0.15) is 0 Å². The quantitative estimate of drug-likeness (QED) is 0.865. The second-order valence-electron chi connectivity index (χ2n) is 4.49. The first kappa shape index (κ1) is 15.1. The molecule has 20 heavy (non-hydrogen) atoms. The summed E-state index contributed by atoms with van der Waals surface area (Å²) in [6, 6.07) is 15.4. The van der Waals surface area contributed by atoms with Crippen molar-refractivity contribution in [3.63, 3.8) is 0 Å². The molecule has 0 radical (unpaired) electrons. The second-order valence-corrected chi connectivity index (χ2v) is 5.79. The lowest BCUT2D eigenvalue weighted by Gasteiger charge is -2.07. The second kappa shape index (κ2) is 7.46. The molecule has 0 saturated carbocycles.